The normalized spacial score (nSPS) is 13.2. The lowest BCUT2D eigenvalue weighted by atomic mass is 9.99. The van der Waals surface area contributed by atoms with Crippen molar-refractivity contribution in [3.8, 4) is 39.1 Å². The molecule has 0 aliphatic rings. The number of Topliss-reactive ketones (excluding diaryl/α,β-unsaturated/α-hetero) is 2. The summed E-state index contributed by atoms with van der Waals surface area (Å²) in [7, 11) is 7.18. The number of aromatic nitrogens is 10. The highest BCUT2D eigenvalue weighted by atomic mass is 19.4. The number of ketones is 2. The van der Waals surface area contributed by atoms with Crippen molar-refractivity contribution < 1.29 is 118 Å². The van der Waals surface area contributed by atoms with Gasteiger partial charge in [0.05, 0.1) is 41.4 Å². The van der Waals surface area contributed by atoms with Gasteiger partial charge in [0.2, 0.25) is 0 Å². The second kappa shape index (κ2) is 40.0. The zero-order chi connectivity index (χ0) is 98.6. The van der Waals surface area contributed by atoms with Gasteiger partial charge >= 0.3 is 36.4 Å². The molecule has 0 aliphatic carbocycles. The first kappa shape index (κ1) is 101. The number of hydrogen-bond donors (Lipinski definition) is 7. The number of pyridine rings is 5. The Hall–Kier alpha value is -14.5. The number of nitrogens with zero attached hydrogens (tertiary/aromatic N) is 10. The van der Waals surface area contributed by atoms with E-state index in [4.69, 9.17) is 4.74 Å². The number of carbonyl (C=O) groups is 6. The van der Waals surface area contributed by atoms with E-state index in [0.717, 1.165) is 21.3 Å². The summed E-state index contributed by atoms with van der Waals surface area (Å²) in [5, 5.41) is 22.3. The van der Waals surface area contributed by atoms with Crippen LogP contribution in [0.4, 0.5) is 96.1 Å². The van der Waals surface area contributed by atoms with Gasteiger partial charge < -0.3 is 68.6 Å². The van der Waals surface area contributed by atoms with Crippen LogP contribution in [0.15, 0.2) is 147 Å². The Labute approximate surface area is 740 Å². The molecule has 0 saturated carbocycles. The van der Waals surface area contributed by atoms with Crippen LogP contribution in [0.3, 0.4) is 0 Å². The van der Waals surface area contributed by atoms with E-state index in [-0.39, 0.29) is 52.1 Å². The molecule has 133 heavy (non-hydrogen) atoms. The molecule has 0 bridgehead atoms. The minimum absolute atomic E-state index is 0.0438. The van der Waals surface area contributed by atoms with Gasteiger partial charge in [0.25, 0.3) is 34.4 Å². The zero-order valence-electron chi connectivity index (χ0n) is 72.0. The fourth-order valence-electron chi connectivity index (χ4n) is 14.4. The molecule has 12 rings (SSSR count). The Morgan fingerprint density at radius 3 is 1.07 bits per heavy atom. The first-order chi connectivity index (χ1) is 62.1. The van der Waals surface area contributed by atoms with Crippen LogP contribution in [0.2, 0.25) is 0 Å². The van der Waals surface area contributed by atoms with Gasteiger partial charge in [-0.3, -0.25) is 42.9 Å². The lowest BCUT2D eigenvalue weighted by Crippen LogP contribution is -2.43. The number of ether oxygens (including phenoxy) is 1. The van der Waals surface area contributed by atoms with E-state index in [1.165, 1.54) is 120 Å². The fourth-order valence-corrected chi connectivity index (χ4v) is 14.4. The number of benzene rings is 3. The Morgan fingerprint density at radius 2 is 0.744 bits per heavy atom. The van der Waals surface area contributed by atoms with Crippen molar-refractivity contribution >= 4 is 69.3 Å². The maximum atomic E-state index is 14.9. The molecule has 0 unspecified atom stereocenters. The summed E-state index contributed by atoms with van der Waals surface area (Å²) < 4.78 is 263. The number of amides is 3. The second-order valence-electron chi connectivity index (χ2n) is 30.5. The maximum Gasteiger partial charge on any atom is 0.417 e. The van der Waals surface area contributed by atoms with Crippen molar-refractivity contribution in [2.24, 2.45) is 28.2 Å². The standard InChI is InChI=1S/C30H30F5N5O4.C29H25F8N5O4.C28H27F5N6O4/c1-6-24(30(33,34)35)37-17-12-20(31)26(21(32)13-17)28(42)38-22(16(3)41)14-18-7-8-19(27-36-9-10-40(18)27)25-23(44-5)11-15(2)39(4)29(25)43;1-4-21(29(35,36)37)39-14-10-18(30)23(19(31)11-14)25(43)40-20(27(45)46)12-15-5-6-16(24-38-7-8-42(15)24)22-17(28(32,33)34)9-13(2)41(3)26(22)44;1-5-22(28(31,32)33)35-15-10-19(29)23(20(30)11-15)25(41)36-21(14(2)40)12-16-6-7-17(24-34-8-9-39(16)24)18-13-37(3)27(43)38(4)26(18)42/h7-13,22,24,37H,6,14H2,1-5H3,(H,38,42);5-11,20-21,39H,4,12H2,1-3H3,(H,40,43)(H,45,46);6-11,13,21-22,35H,5,12H2,1-4H3,(H,36,41)/t22-,24+;20-,21+;21-,22+/m000/s1. The monoisotopic (exact) mass is 1880 g/mol. The van der Waals surface area contributed by atoms with Crippen LogP contribution in [0, 0.1) is 48.8 Å². The number of methoxy groups -OCH3 is 1. The molecule has 3 amide bonds. The molecule has 28 nitrogen and oxygen atoms in total. The van der Waals surface area contributed by atoms with Crippen LogP contribution in [0.25, 0.3) is 50.3 Å². The molecule has 708 valence electrons. The smallest absolute Gasteiger partial charge is 0.417 e. The number of rotatable bonds is 28. The van der Waals surface area contributed by atoms with Gasteiger partial charge in [-0.1, -0.05) is 20.8 Å². The minimum atomic E-state index is -4.91. The van der Waals surface area contributed by atoms with E-state index in [9.17, 15) is 132 Å². The lowest BCUT2D eigenvalue weighted by molar-refractivity contribution is -0.143. The third-order valence-electron chi connectivity index (χ3n) is 21.7. The summed E-state index contributed by atoms with van der Waals surface area (Å²) >= 11 is 0. The van der Waals surface area contributed by atoms with Gasteiger partial charge in [-0.05, 0) is 126 Å². The van der Waals surface area contributed by atoms with E-state index in [2.05, 4.69) is 25.6 Å². The number of aliphatic carboxylic acids is 1. The summed E-state index contributed by atoms with van der Waals surface area (Å²) in [6.07, 6.45) is -11.2. The fraction of sp³-hybridized carbons (Fsp3) is 0.322. The average Bonchev–Trinajstić information content (AvgIpc) is 1.74. The number of nitrogens with one attached hydrogen (secondary N) is 6. The number of fused-ring (bicyclic) bond motifs is 3. The van der Waals surface area contributed by atoms with Crippen molar-refractivity contribution in [2.45, 2.75) is 148 Å². The van der Waals surface area contributed by atoms with E-state index < -0.39 is 218 Å². The summed E-state index contributed by atoms with van der Waals surface area (Å²) in [6, 6.07) is 3.88. The second-order valence-corrected chi connectivity index (χ2v) is 30.5. The number of alkyl halides is 12. The molecule has 0 radical (unpaired) electrons. The Morgan fingerprint density at radius 1 is 0.429 bits per heavy atom. The number of halogens is 18. The zero-order valence-corrected chi connectivity index (χ0v) is 72.0. The Kier molecular flexibility index (Phi) is 30.3. The molecule has 3 aromatic carbocycles. The number of carbonyl (C=O) groups excluding carboxylic acids is 5. The SMILES string of the molecule is CC[C@@H](Nc1cc(F)c(C(=O)N[C@@H](Cc2ccc(-c3c(C(F)(F)F)cc(C)n(C)c3=O)c3nccn23)C(=O)O)c(F)c1)C(F)(F)F.CC[C@@H](Nc1cc(F)c(C(=O)N[C@@H](Cc2ccc(-c3c(OC)cc(C)n(C)c3=O)c3nccn23)C(C)=O)c(F)c1)C(F)(F)F.CC[C@@H](Nc1cc(F)c(C(=O)N[C@@H](Cc2ccc(-c3cn(C)c(=O)n(C)c3=O)c3nccn23)C(C)=O)c(F)c1)C(F)(F)F. The predicted octanol–water partition coefficient (Wildman–Crippen LogP) is 13.8. The van der Waals surface area contributed by atoms with E-state index in [1.807, 2.05) is 21.3 Å². The Balaban J connectivity index is 0.000000207. The maximum absolute atomic E-state index is 14.9. The summed E-state index contributed by atoms with van der Waals surface area (Å²) in [5.41, 5.74) is -5.92. The van der Waals surface area contributed by atoms with Crippen molar-refractivity contribution in [3.63, 3.8) is 0 Å². The molecule has 9 heterocycles. The molecule has 6 atom stereocenters. The van der Waals surface area contributed by atoms with Gasteiger partial charge in [0.15, 0.2) is 11.6 Å². The van der Waals surface area contributed by atoms with Crippen LogP contribution >= 0.6 is 0 Å². The first-order valence-corrected chi connectivity index (χ1v) is 39.9. The molecular formula is C87H82F18N16O12. The molecule has 0 spiro atoms. The molecule has 9 aromatic heterocycles. The summed E-state index contributed by atoms with van der Waals surface area (Å²) in [5.74, 6) is -15.2. The van der Waals surface area contributed by atoms with Crippen molar-refractivity contribution in [1.29, 1.82) is 0 Å². The summed E-state index contributed by atoms with van der Waals surface area (Å²) in [4.78, 5) is 140. The Bertz CT molecular complexity index is 6720. The molecule has 7 N–H and O–H groups in total. The number of carboxylic acid groups (broad SMARTS) is 1. The van der Waals surface area contributed by atoms with E-state index in [1.54, 1.807) is 65.5 Å². The number of carboxylic acids is 1. The predicted molar refractivity (Wildman–Crippen MR) is 448 cm³/mol. The quantitative estimate of drug-likeness (QED) is 0.0224. The van der Waals surface area contributed by atoms with Crippen molar-refractivity contribution in [1.82, 2.24) is 62.4 Å². The van der Waals surface area contributed by atoms with E-state index >= 15 is 0 Å². The number of anilines is 3. The number of aryl methyl sites for hydroxylation is 3. The van der Waals surface area contributed by atoms with Crippen LogP contribution < -0.4 is 59.0 Å². The number of imidazole rings is 3. The lowest BCUT2D eigenvalue weighted by Gasteiger charge is -2.22. The highest BCUT2D eigenvalue weighted by molar-refractivity contribution is 6.00. The third-order valence-corrected chi connectivity index (χ3v) is 21.7. The largest absolute Gasteiger partial charge is 0.496 e. The van der Waals surface area contributed by atoms with E-state index in [0.29, 0.717) is 81.7 Å². The highest BCUT2D eigenvalue weighted by Crippen LogP contribution is 2.39. The highest BCUT2D eigenvalue weighted by Gasteiger charge is 2.43. The summed E-state index contributed by atoms with van der Waals surface area (Å²) in [6.45, 7) is 9.14. The molecule has 0 aliphatic heterocycles. The van der Waals surface area contributed by atoms with Crippen LogP contribution in [0.1, 0.15) is 119 Å². The first-order valence-electron chi connectivity index (χ1n) is 39.9. The molecule has 46 heteroatoms. The van der Waals surface area contributed by atoms with Gasteiger partial charge in [-0.25, -0.2) is 50.9 Å². The van der Waals surface area contributed by atoms with Crippen LogP contribution in [-0.2, 0) is 68.0 Å². The van der Waals surface area contributed by atoms with Crippen molar-refractivity contribution in [3.05, 3.63) is 255 Å². The third kappa shape index (κ3) is 22.1. The van der Waals surface area contributed by atoms with Crippen molar-refractivity contribution in [2.75, 3.05) is 23.1 Å². The van der Waals surface area contributed by atoms with Gasteiger partial charge in [0, 0.05) is 159 Å². The molecule has 0 fully saturated rings. The molecular weight excluding hydrogens is 1800 g/mol. The van der Waals surface area contributed by atoms with Gasteiger partial charge in [-0.15, -0.1) is 0 Å². The van der Waals surface area contributed by atoms with Crippen LogP contribution in [0.5, 0.6) is 5.75 Å². The molecule has 0 saturated heterocycles. The van der Waals surface area contributed by atoms with Crippen LogP contribution in [-0.4, -0.2) is 149 Å². The number of hydrogen-bond acceptors (Lipinski definition) is 17. The molecule has 12 aromatic rings. The topological polar surface area (TPSA) is 344 Å². The average molecular weight is 1890 g/mol. The van der Waals surface area contributed by atoms with Gasteiger partial charge in [-0.2, -0.15) is 52.7 Å². The van der Waals surface area contributed by atoms with Gasteiger partial charge in [0.1, 0.15) is 98.5 Å². The minimum Gasteiger partial charge on any atom is -0.496 e.